The Morgan fingerprint density at radius 1 is 1.41 bits per heavy atom. The first kappa shape index (κ1) is 12.7. The summed E-state index contributed by atoms with van der Waals surface area (Å²) in [7, 11) is 0. The van der Waals surface area contributed by atoms with Gasteiger partial charge in [0.05, 0.1) is 14.8 Å². The number of hydrogen-bond acceptors (Lipinski definition) is 5. The van der Waals surface area contributed by atoms with Crippen LogP contribution in [0.4, 0.5) is 5.82 Å². The van der Waals surface area contributed by atoms with Crippen molar-refractivity contribution in [3.05, 3.63) is 20.2 Å². The molecule has 2 rings (SSSR count). The molecule has 0 aromatic carbocycles. The lowest BCUT2D eigenvalue weighted by Gasteiger charge is -2.09. The monoisotopic (exact) mass is 360 g/mol. The molecule has 0 saturated carbocycles. The maximum atomic E-state index is 5.92. The average molecular weight is 360 g/mol. The standard InChI is InChI=1S/C11H13IN4S/c1-6(2)3-7-9(12)10(13)16-11(15-7)8-4-17-5-14-8/h4-6H,3H2,1-2H3,(H2,13,15,16). The van der Waals surface area contributed by atoms with Crippen LogP contribution in [-0.2, 0) is 6.42 Å². The number of rotatable bonds is 3. The van der Waals surface area contributed by atoms with E-state index in [0.29, 0.717) is 17.6 Å². The fourth-order valence-corrected chi connectivity index (χ4v) is 2.46. The Labute approximate surface area is 118 Å². The van der Waals surface area contributed by atoms with E-state index in [0.717, 1.165) is 21.4 Å². The highest BCUT2D eigenvalue weighted by molar-refractivity contribution is 14.1. The first-order chi connectivity index (χ1) is 8.08. The normalized spacial score (nSPS) is 11.1. The minimum atomic E-state index is 0.541. The van der Waals surface area contributed by atoms with Gasteiger partial charge in [-0.15, -0.1) is 11.3 Å². The average Bonchev–Trinajstić information content (AvgIpc) is 2.77. The minimum absolute atomic E-state index is 0.541. The van der Waals surface area contributed by atoms with Crippen LogP contribution in [0.1, 0.15) is 19.5 Å². The maximum absolute atomic E-state index is 5.92. The number of hydrogen-bond donors (Lipinski definition) is 1. The van der Waals surface area contributed by atoms with Gasteiger partial charge < -0.3 is 5.73 Å². The second-order valence-electron chi connectivity index (χ2n) is 4.16. The second-order valence-corrected chi connectivity index (χ2v) is 5.96. The Morgan fingerprint density at radius 3 is 2.76 bits per heavy atom. The van der Waals surface area contributed by atoms with E-state index in [1.165, 1.54) is 11.3 Å². The van der Waals surface area contributed by atoms with Crippen molar-refractivity contribution in [1.82, 2.24) is 15.0 Å². The number of halogens is 1. The van der Waals surface area contributed by atoms with Gasteiger partial charge in [-0.05, 0) is 34.9 Å². The minimum Gasteiger partial charge on any atom is -0.383 e. The van der Waals surface area contributed by atoms with Crippen LogP contribution in [0, 0.1) is 9.49 Å². The van der Waals surface area contributed by atoms with Crippen molar-refractivity contribution in [2.45, 2.75) is 20.3 Å². The molecule has 0 spiro atoms. The lowest BCUT2D eigenvalue weighted by molar-refractivity contribution is 0.632. The topological polar surface area (TPSA) is 64.7 Å². The zero-order valence-corrected chi connectivity index (χ0v) is 12.6. The molecule has 0 aliphatic rings. The van der Waals surface area contributed by atoms with Gasteiger partial charge in [0.25, 0.3) is 0 Å². The summed E-state index contributed by atoms with van der Waals surface area (Å²) < 4.78 is 0.954. The van der Waals surface area contributed by atoms with E-state index >= 15 is 0 Å². The van der Waals surface area contributed by atoms with E-state index in [9.17, 15) is 0 Å². The summed E-state index contributed by atoms with van der Waals surface area (Å²) in [6.45, 7) is 4.33. The first-order valence-corrected chi connectivity index (χ1v) is 7.30. The van der Waals surface area contributed by atoms with Crippen LogP contribution in [0.15, 0.2) is 10.9 Å². The maximum Gasteiger partial charge on any atom is 0.181 e. The summed E-state index contributed by atoms with van der Waals surface area (Å²) in [5.41, 5.74) is 9.50. The molecular formula is C11H13IN4S. The predicted molar refractivity (Wildman–Crippen MR) is 78.8 cm³/mol. The molecule has 17 heavy (non-hydrogen) atoms. The summed E-state index contributed by atoms with van der Waals surface area (Å²) in [4.78, 5) is 13.1. The van der Waals surface area contributed by atoms with E-state index in [-0.39, 0.29) is 0 Å². The molecule has 0 radical (unpaired) electrons. The molecule has 2 heterocycles. The van der Waals surface area contributed by atoms with Crippen LogP contribution in [0.2, 0.25) is 0 Å². The number of nitrogens with zero attached hydrogens (tertiary/aromatic N) is 3. The van der Waals surface area contributed by atoms with Gasteiger partial charge in [0.2, 0.25) is 0 Å². The van der Waals surface area contributed by atoms with E-state index in [1.54, 1.807) is 5.51 Å². The molecule has 0 aliphatic heterocycles. The lowest BCUT2D eigenvalue weighted by atomic mass is 10.1. The van der Waals surface area contributed by atoms with Crippen molar-refractivity contribution in [2.75, 3.05) is 5.73 Å². The van der Waals surface area contributed by atoms with E-state index in [1.807, 2.05) is 5.38 Å². The van der Waals surface area contributed by atoms with E-state index in [2.05, 4.69) is 51.4 Å². The third-order valence-corrected chi connectivity index (χ3v) is 3.97. The van der Waals surface area contributed by atoms with Gasteiger partial charge in [0.15, 0.2) is 5.82 Å². The second kappa shape index (κ2) is 5.26. The molecule has 0 unspecified atom stereocenters. The van der Waals surface area contributed by atoms with Crippen molar-refractivity contribution in [1.29, 1.82) is 0 Å². The molecule has 0 amide bonds. The molecule has 2 aromatic heterocycles. The summed E-state index contributed by atoms with van der Waals surface area (Å²) in [5, 5.41) is 1.93. The van der Waals surface area contributed by atoms with E-state index in [4.69, 9.17) is 5.73 Å². The number of aromatic nitrogens is 3. The molecule has 0 saturated heterocycles. The highest BCUT2D eigenvalue weighted by atomic mass is 127. The fraction of sp³-hybridized carbons (Fsp3) is 0.364. The summed E-state index contributed by atoms with van der Waals surface area (Å²) in [6.07, 6.45) is 0.905. The molecule has 0 fully saturated rings. The highest BCUT2D eigenvalue weighted by Crippen LogP contribution is 2.23. The summed E-state index contributed by atoms with van der Waals surface area (Å²) in [6, 6.07) is 0. The number of thiazole rings is 1. The Morgan fingerprint density at radius 2 is 2.18 bits per heavy atom. The predicted octanol–water partition coefficient (Wildman–Crippen LogP) is 2.99. The van der Waals surface area contributed by atoms with Crippen LogP contribution < -0.4 is 5.73 Å². The van der Waals surface area contributed by atoms with Crippen molar-refractivity contribution in [3.63, 3.8) is 0 Å². The summed E-state index contributed by atoms with van der Waals surface area (Å²) in [5.74, 6) is 1.71. The number of nitrogens with two attached hydrogens (primary N) is 1. The Bertz CT molecular complexity index is 510. The van der Waals surface area contributed by atoms with Crippen LogP contribution in [0.3, 0.4) is 0 Å². The quantitative estimate of drug-likeness (QED) is 0.855. The Kier molecular flexibility index (Phi) is 3.93. The molecule has 0 atom stereocenters. The van der Waals surface area contributed by atoms with Gasteiger partial charge in [-0.25, -0.2) is 15.0 Å². The van der Waals surface area contributed by atoms with Gasteiger partial charge in [0.1, 0.15) is 11.5 Å². The Hall–Kier alpha value is -0.760. The lowest BCUT2D eigenvalue weighted by Crippen LogP contribution is -2.07. The van der Waals surface area contributed by atoms with Gasteiger partial charge in [-0.2, -0.15) is 0 Å². The molecular weight excluding hydrogens is 347 g/mol. The van der Waals surface area contributed by atoms with Crippen molar-refractivity contribution < 1.29 is 0 Å². The van der Waals surface area contributed by atoms with Gasteiger partial charge in [-0.3, -0.25) is 0 Å². The van der Waals surface area contributed by atoms with Crippen molar-refractivity contribution in [3.8, 4) is 11.5 Å². The molecule has 90 valence electrons. The molecule has 0 bridgehead atoms. The van der Waals surface area contributed by atoms with Crippen molar-refractivity contribution in [2.24, 2.45) is 5.92 Å². The van der Waals surface area contributed by atoms with Crippen molar-refractivity contribution >= 4 is 39.7 Å². The first-order valence-electron chi connectivity index (χ1n) is 5.28. The zero-order valence-electron chi connectivity index (χ0n) is 9.64. The smallest absolute Gasteiger partial charge is 0.181 e. The number of nitrogen functional groups attached to an aromatic ring is 1. The molecule has 6 heteroatoms. The molecule has 2 N–H and O–H groups in total. The van der Waals surface area contributed by atoms with Gasteiger partial charge in [-0.1, -0.05) is 13.8 Å². The zero-order chi connectivity index (χ0) is 12.4. The van der Waals surface area contributed by atoms with Crippen LogP contribution in [-0.4, -0.2) is 15.0 Å². The number of anilines is 1. The highest BCUT2D eigenvalue weighted by Gasteiger charge is 2.13. The van der Waals surface area contributed by atoms with Gasteiger partial charge >= 0.3 is 0 Å². The molecule has 0 aliphatic carbocycles. The molecule has 2 aromatic rings. The fourth-order valence-electron chi connectivity index (χ4n) is 1.47. The SMILES string of the molecule is CC(C)Cc1nc(-c2cscn2)nc(N)c1I. The third-order valence-electron chi connectivity index (χ3n) is 2.21. The van der Waals surface area contributed by atoms with E-state index < -0.39 is 0 Å². The van der Waals surface area contributed by atoms with Crippen LogP contribution in [0.25, 0.3) is 11.5 Å². The van der Waals surface area contributed by atoms with Gasteiger partial charge in [0, 0.05) is 5.38 Å². The Balaban J connectivity index is 2.46. The largest absolute Gasteiger partial charge is 0.383 e. The van der Waals surface area contributed by atoms with Crippen LogP contribution in [0.5, 0.6) is 0 Å². The third kappa shape index (κ3) is 2.92. The molecule has 4 nitrogen and oxygen atoms in total. The summed E-state index contributed by atoms with van der Waals surface area (Å²) >= 11 is 3.74. The van der Waals surface area contributed by atoms with Crippen LogP contribution >= 0.6 is 33.9 Å².